The summed E-state index contributed by atoms with van der Waals surface area (Å²) in [5, 5.41) is 17.7. The first-order valence-corrected chi connectivity index (χ1v) is 17.3. The maximum atomic E-state index is 12.2. The Morgan fingerprint density at radius 3 is 1.85 bits per heavy atom. The average molecular weight is 821 g/mol. The molecule has 0 aliphatic rings. The molecule has 5 aromatic rings. The first-order valence-electron chi connectivity index (χ1n) is 17.3. The first-order chi connectivity index (χ1) is 22.1. The fourth-order valence-electron chi connectivity index (χ4n) is 6.20. The largest absolute Gasteiger partial charge is 0.512 e. The van der Waals surface area contributed by atoms with Gasteiger partial charge < -0.3 is 10.1 Å². The first kappa shape index (κ1) is 39.1. The van der Waals surface area contributed by atoms with Crippen molar-refractivity contribution >= 4 is 38.1 Å². The number of nitrogens with zero attached hydrogens (tertiary/aromatic N) is 1. The summed E-state index contributed by atoms with van der Waals surface area (Å²) in [5.74, 6) is 0.286. The zero-order valence-electron chi connectivity index (χ0n) is 30.9. The quantitative estimate of drug-likeness (QED) is 0.0734. The minimum absolute atomic E-state index is 0. The van der Waals surface area contributed by atoms with E-state index in [9.17, 15) is 9.90 Å². The van der Waals surface area contributed by atoms with Crippen molar-refractivity contribution in [1.82, 2.24) is 4.98 Å². The normalized spacial score (nSPS) is 12.5. The van der Waals surface area contributed by atoms with Crippen molar-refractivity contribution in [3.63, 3.8) is 0 Å². The second-order valence-corrected chi connectivity index (χ2v) is 14.9. The summed E-state index contributed by atoms with van der Waals surface area (Å²) in [6, 6.07) is 25.9. The van der Waals surface area contributed by atoms with Gasteiger partial charge in [0.05, 0.1) is 0 Å². The van der Waals surface area contributed by atoms with Crippen LogP contribution in [0.25, 0.3) is 43.6 Å². The zero-order chi connectivity index (χ0) is 34.7. The fraction of sp³-hybridized carbons (Fsp3) is 0.409. The van der Waals surface area contributed by atoms with E-state index in [4.69, 9.17) is 4.98 Å². The molecule has 1 N–H and O–H groups in total. The smallest absolute Gasteiger partial charge is 0.164 e. The standard InChI is InChI=1S/C29H26N.C15H28O2.Ir/c1-18-14-19(2)16-21(15-18)28-27-11-10-24-23-9-7-22(29(3,4)5)17-20(23)6-8-25(24)26(27)12-13-30-28;1-7-14(5,8-2)12(16)11-13(17)15(6,9-3)10-4;/h6-15,17H,1-5H3;11,16H,7-10H2,1-6H3;/q-1;;/b;12-11-;. The van der Waals surface area contributed by atoms with Gasteiger partial charge in [0.2, 0.25) is 0 Å². The number of hydrogen-bond acceptors (Lipinski definition) is 3. The van der Waals surface area contributed by atoms with Crippen molar-refractivity contribution in [3.8, 4) is 11.3 Å². The molecule has 1 aromatic heterocycles. The number of aliphatic hydroxyl groups is 1. The number of aromatic nitrogens is 1. The van der Waals surface area contributed by atoms with E-state index in [1.165, 1.54) is 49.5 Å². The number of carbonyl (C=O) groups excluding carboxylic acids is 1. The molecular formula is C44H54IrNO2-. The van der Waals surface area contributed by atoms with Gasteiger partial charge in [-0.2, -0.15) is 0 Å². The van der Waals surface area contributed by atoms with Crippen molar-refractivity contribution in [2.24, 2.45) is 10.8 Å². The Balaban J connectivity index is 0.000000301. The summed E-state index contributed by atoms with van der Waals surface area (Å²) in [5.41, 5.74) is 5.36. The van der Waals surface area contributed by atoms with E-state index in [1.807, 2.05) is 47.7 Å². The van der Waals surface area contributed by atoms with E-state index in [1.54, 1.807) is 0 Å². The molecule has 4 heteroatoms. The van der Waals surface area contributed by atoms with E-state index < -0.39 is 0 Å². The maximum absolute atomic E-state index is 12.2. The summed E-state index contributed by atoms with van der Waals surface area (Å²) < 4.78 is 0. The minimum Gasteiger partial charge on any atom is -0.512 e. The van der Waals surface area contributed by atoms with Crippen LogP contribution in [0.4, 0.5) is 0 Å². The Kier molecular flexibility index (Phi) is 12.6. The molecule has 0 atom stereocenters. The fourth-order valence-corrected chi connectivity index (χ4v) is 6.20. The van der Waals surface area contributed by atoms with Gasteiger partial charge in [-0.1, -0.05) is 119 Å². The molecule has 0 saturated heterocycles. The van der Waals surface area contributed by atoms with Crippen LogP contribution in [0, 0.1) is 30.7 Å². The van der Waals surface area contributed by atoms with Gasteiger partial charge in [-0.25, -0.2) is 0 Å². The predicted octanol–water partition coefficient (Wildman–Crippen LogP) is 12.6. The minimum atomic E-state index is -0.337. The molecule has 0 spiro atoms. The number of fused-ring (bicyclic) bond motifs is 5. The molecule has 257 valence electrons. The Labute approximate surface area is 302 Å². The van der Waals surface area contributed by atoms with Crippen molar-refractivity contribution in [1.29, 1.82) is 0 Å². The number of carbonyl (C=O) groups is 1. The Morgan fingerprint density at radius 1 is 0.729 bits per heavy atom. The van der Waals surface area contributed by atoms with E-state index in [0.717, 1.165) is 42.5 Å². The topological polar surface area (TPSA) is 50.2 Å². The average Bonchev–Trinajstić information content (AvgIpc) is 3.05. The molecule has 0 amide bonds. The van der Waals surface area contributed by atoms with Crippen LogP contribution in [0.1, 0.15) is 105 Å². The van der Waals surface area contributed by atoms with Crippen molar-refractivity contribution in [3.05, 3.63) is 101 Å². The number of pyridine rings is 1. The van der Waals surface area contributed by atoms with E-state index in [0.29, 0.717) is 0 Å². The summed E-state index contributed by atoms with van der Waals surface area (Å²) in [7, 11) is 0. The van der Waals surface area contributed by atoms with E-state index in [2.05, 4.69) is 101 Å². The zero-order valence-corrected chi connectivity index (χ0v) is 33.3. The third kappa shape index (κ3) is 8.09. The van der Waals surface area contributed by atoms with Crippen LogP contribution in [0.2, 0.25) is 0 Å². The van der Waals surface area contributed by atoms with Gasteiger partial charge in [-0.15, -0.1) is 34.9 Å². The molecular weight excluding hydrogens is 767 g/mol. The van der Waals surface area contributed by atoms with Gasteiger partial charge in [0, 0.05) is 43.2 Å². The number of rotatable bonds is 8. The van der Waals surface area contributed by atoms with Crippen LogP contribution in [0.3, 0.4) is 0 Å². The summed E-state index contributed by atoms with van der Waals surface area (Å²) in [6.45, 7) is 23.1. The van der Waals surface area contributed by atoms with E-state index in [-0.39, 0.29) is 47.9 Å². The molecule has 0 bridgehead atoms. The predicted molar refractivity (Wildman–Crippen MR) is 202 cm³/mol. The summed E-state index contributed by atoms with van der Waals surface area (Å²) in [4.78, 5) is 16.9. The number of allylic oxidation sites excluding steroid dienone is 2. The van der Waals surface area contributed by atoms with Crippen molar-refractivity contribution in [2.45, 2.75) is 107 Å². The third-order valence-corrected chi connectivity index (χ3v) is 10.6. The number of hydrogen-bond donors (Lipinski definition) is 1. The maximum Gasteiger partial charge on any atom is 0.164 e. The molecule has 4 aromatic carbocycles. The molecule has 1 heterocycles. The molecule has 48 heavy (non-hydrogen) atoms. The van der Waals surface area contributed by atoms with Crippen LogP contribution in [-0.4, -0.2) is 15.9 Å². The van der Waals surface area contributed by atoms with Crippen LogP contribution in [0.5, 0.6) is 0 Å². The Hall–Kier alpha value is -3.33. The number of aryl methyl sites for hydroxylation is 2. The summed E-state index contributed by atoms with van der Waals surface area (Å²) in [6.07, 6.45) is 6.68. The second kappa shape index (κ2) is 15.5. The Bertz CT molecular complexity index is 1920. The van der Waals surface area contributed by atoms with Gasteiger partial charge in [-0.05, 0) is 80.7 Å². The molecule has 1 radical (unpaired) electrons. The number of aliphatic hydroxyl groups excluding tert-OH is 1. The van der Waals surface area contributed by atoms with Crippen LogP contribution in [0.15, 0.2) is 78.7 Å². The second-order valence-electron chi connectivity index (χ2n) is 14.9. The molecule has 3 nitrogen and oxygen atoms in total. The molecule has 0 saturated carbocycles. The monoisotopic (exact) mass is 821 g/mol. The van der Waals surface area contributed by atoms with Crippen LogP contribution < -0.4 is 0 Å². The SMILES string of the molecule is CCC(C)(CC)C(=O)/C=C(\O)C(C)(CC)CC.Cc1[c-]c(-c2nccc3c2ccc2c4ccc(C(C)(C)C)cc4ccc32)cc(C)c1.[Ir]. The summed E-state index contributed by atoms with van der Waals surface area (Å²) >= 11 is 0. The van der Waals surface area contributed by atoms with Gasteiger partial charge in [0.15, 0.2) is 5.78 Å². The van der Waals surface area contributed by atoms with Crippen LogP contribution in [-0.2, 0) is 30.3 Å². The van der Waals surface area contributed by atoms with Crippen molar-refractivity contribution < 1.29 is 30.0 Å². The van der Waals surface area contributed by atoms with Gasteiger partial charge >= 0.3 is 0 Å². The molecule has 5 rings (SSSR count). The molecule has 0 aliphatic heterocycles. The number of benzene rings is 4. The van der Waals surface area contributed by atoms with Crippen LogP contribution >= 0.6 is 0 Å². The Morgan fingerprint density at radius 2 is 1.27 bits per heavy atom. The van der Waals surface area contributed by atoms with Gasteiger partial charge in [0.25, 0.3) is 0 Å². The third-order valence-electron chi connectivity index (χ3n) is 10.6. The van der Waals surface area contributed by atoms with Gasteiger partial charge in [0.1, 0.15) is 5.76 Å². The van der Waals surface area contributed by atoms with Crippen molar-refractivity contribution in [2.75, 3.05) is 0 Å². The molecule has 0 fully saturated rings. The molecule has 0 aliphatic carbocycles. The molecule has 0 unspecified atom stereocenters. The van der Waals surface area contributed by atoms with E-state index >= 15 is 0 Å². The number of ketones is 1. The van der Waals surface area contributed by atoms with Gasteiger partial charge in [-0.3, -0.25) is 4.79 Å².